The fourth-order valence-corrected chi connectivity index (χ4v) is 6.22. The molecule has 4 heteroatoms. The van der Waals surface area contributed by atoms with Crippen molar-refractivity contribution in [3.05, 3.63) is 35.4 Å². The number of nitrogens with zero attached hydrogens (tertiary/aromatic N) is 2. The zero-order valence-electron chi connectivity index (χ0n) is 20.9. The van der Waals surface area contributed by atoms with E-state index >= 15 is 0 Å². The van der Waals surface area contributed by atoms with Crippen molar-refractivity contribution in [3.8, 4) is 0 Å². The van der Waals surface area contributed by atoms with Crippen molar-refractivity contribution in [2.45, 2.75) is 84.1 Å². The molecule has 1 aromatic rings. The van der Waals surface area contributed by atoms with Crippen LogP contribution in [-0.4, -0.2) is 55.1 Å². The topological polar surface area (TPSA) is 32.8 Å². The quantitative estimate of drug-likeness (QED) is 0.600. The Morgan fingerprint density at radius 3 is 2.44 bits per heavy atom. The van der Waals surface area contributed by atoms with Crippen molar-refractivity contribution >= 4 is 5.91 Å². The molecule has 1 spiro atoms. The van der Waals surface area contributed by atoms with E-state index in [0.29, 0.717) is 16.7 Å². The molecule has 2 fully saturated rings. The molecule has 32 heavy (non-hydrogen) atoms. The Bertz CT molecular complexity index is 770. The number of rotatable bonds is 5. The van der Waals surface area contributed by atoms with E-state index in [1.54, 1.807) is 0 Å². The Balaban J connectivity index is 1.50. The highest BCUT2D eigenvalue weighted by atomic mass is 16.5. The lowest BCUT2D eigenvalue weighted by molar-refractivity contribution is -0.141. The summed E-state index contributed by atoms with van der Waals surface area (Å²) in [4.78, 5) is 18.3. The van der Waals surface area contributed by atoms with Gasteiger partial charge in [-0.15, -0.1) is 0 Å². The van der Waals surface area contributed by atoms with Gasteiger partial charge < -0.3 is 14.5 Å². The van der Waals surface area contributed by atoms with Gasteiger partial charge in [0, 0.05) is 25.7 Å². The maximum atomic E-state index is 13.5. The number of carbonyl (C=O) groups excluding carboxylic acids is 1. The smallest absolute Gasteiger partial charge is 0.226 e. The third kappa shape index (κ3) is 5.07. The highest BCUT2D eigenvalue weighted by molar-refractivity contribution is 5.79. The van der Waals surface area contributed by atoms with Crippen LogP contribution in [0.1, 0.15) is 89.8 Å². The van der Waals surface area contributed by atoms with Crippen LogP contribution < -0.4 is 0 Å². The minimum atomic E-state index is 0.137. The summed E-state index contributed by atoms with van der Waals surface area (Å²) in [6.45, 7) is 15.0. The van der Waals surface area contributed by atoms with E-state index < -0.39 is 0 Å². The van der Waals surface area contributed by atoms with Crippen molar-refractivity contribution in [2.24, 2.45) is 11.3 Å². The number of benzene rings is 1. The van der Waals surface area contributed by atoms with Gasteiger partial charge in [0.1, 0.15) is 0 Å². The molecule has 0 N–H and O–H groups in total. The van der Waals surface area contributed by atoms with Crippen molar-refractivity contribution in [2.75, 3.05) is 39.4 Å². The van der Waals surface area contributed by atoms with Crippen LogP contribution in [0.2, 0.25) is 0 Å². The molecule has 0 aromatic heterocycles. The van der Waals surface area contributed by atoms with Crippen LogP contribution in [0.3, 0.4) is 0 Å². The number of ether oxygens (including phenoxy) is 1. The molecule has 2 heterocycles. The standard InChI is InChI=1S/C28H44N2O2/c1-5-30(26(31)22-11-20-32-21-12-22)25-10-13-28(24-9-7-6-8-23(24)25)15-18-29(19-16-28)17-14-27(2,3)4/h6-9,22,25H,5,10-21H2,1-4H3/t25-/m0/s1. The molecular weight excluding hydrogens is 396 g/mol. The monoisotopic (exact) mass is 440 g/mol. The second kappa shape index (κ2) is 9.85. The molecule has 4 nitrogen and oxygen atoms in total. The molecule has 2 aliphatic heterocycles. The van der Waals surface area contributed by atoms with Gasteiger partial charge in [0.15, 0.2) is 0 Å². The Kier molecular flexibility index (Phi) is 7.31. The molecule has 2 saturated heterocycles. The minimum Gasteiger partial charge on any atom is -0.381 e. The normalized spacial score (nSPS) is 24.3. The van der Waals surface area contributed by atoms with E-state index in [9.17, 15) is 4.79 Å². The van der Waals surface area contributed by atoms with Gasteiger partial charge in [0.2, 0.25) is 5.91 Å². The molecule has 1 amide bonds. The molecule has 0 radical (unpaired) electrons. The molecule has 0 unspecified atom stereocenters. The largest absolute Gasteiger partial charge is 0.381 e. The first-order chi connectivity index (χ1) is 15.3. The van der Waals surface area contributed by atoms with Gasteiger partial charge in [0.25, 0.3) is 0 Å². The second-order valence-corrected chi connectivity index (χ2v) is 11.6. The molecule has 3 aliphatic rings. The van der Waals surface area contributed by atoms with E-state index in [2.05, 4.69) is 61.8 Å². The van der Waals surface area contributed by atoms with Crippen LogP contribution in [0.4, 0.5) is 0 Å². The summed E-state index contributed by atoms with van der Waals surface area (Å²) in [6, 6.07) is 9.31. The van der Waals surface area contributed by atoms with E-state index in [4.69, 9.17) is 4.74 Å². The van der Waals surface area contributed by atoms with Gasteiger partial charge in [-0.3, -0.25) is 4.79 Å². The minimum absolute atomic E-state index is 0.137. The summed E-state index contributed by atoms with van der Waals surface area (Å²) in [5, 5.41) is 0. The Hall–Kier alpha value is -1.39. The summed E-state index contributed by atoms with van der Waals surface area (Å²) >= 11 is 0. The van der Waals surface area contributed by atoms with Gasteiger partial charge >= 0.3 is 0 Å². The summed E-state index contributed by atoms with van der Waals surface area (Å²) in [5.41, 5.74) is 3.65. The molecule has 178 valence electrons. The Morgan fingerprint density at radius 1 is 1.09 bits per heavy atom. The zero-order valence-corrected chi connectivity index (χ0v) is 20.9. The number of fused-ring (bicyclic) bond motifs is 2. The van der Waals surface area contributed by atoms with Crippen LogP contribution >= 0.6 is 0 Å². The summed E-state index contributed by atoms with van der Waals surface area (Å²) < 4.78 is 5.51. The number of piperidine rings is 1. The summed E-state index contributed by atoms with van der Waals surface area (Å²) in [5.74, 6) is 0.487. The SMILES string of the molecule is CCN(C(=O)C1CCOCC1)[C@H]1CCC2(CCN(CCC(C)(C)C)CC2)c2ccccc21. The lowest BCUT2D eigenvalue weighted by Crippen LogP contribution is -2.48. The van der Waals surface area contributed by atoms with Gasteiger partial charge in [0.05, 0.1) is 6.04 Å². The van der Waals surface area contributed by atoms with Crippen LogP contribution in [0.15, 0.2) is 24.3 Å². The molecular formula is C28H44N2O2. The molecule has 0 bridgehead atoms. The number of likely N-dealkylation sites (tertiary alicyclic amines) is 1. The third-order valence-electron chi connectivity index (χ3n) is 8.35. The van der Waals surface area contributed by atoms with Crippen molar-refractivity contribution in [3.63, 3.8) is 0 Å². The fourth-order valence-electron chi connectivity index (χ4n) is 6.22. The van der Waals surface area contributed by atoms with Crippen LogP contribution in [0.5, 0.6) is 0 Å². The lowest BCUT2D eigenvalue weighted by atomic mass is 9.63. The fraction of sp³-hybridized carbons (Fsp3) is 0.750. The average Bonchev–Trinajstić information content (AvgIpc) is 2.81. The lowest BCUT2D eigenvalue weighted by Gasteiger charge is -2.49. The van der Waals surface area contributed by atoms with Gasteiger partial charge in [-0.25, -0.2) is 0 Å². The van der Waals surface area contributed by atoms with E-state index in [0.717, 1.165) is 39.0 Å². The second-order valence-electron chi connectivity index (χ2n) is 11.6. The first-order valence-corrected chi connectivity index (χ1v) is 13.0. The Morgan fingerprint density at radius 2 is 1.78 bits per heavy atom. The van der Waals surface area contributed by atoms with Crippen LogP contribution in [0, 0.1) is 11.3 Å². The van der Waals surface area contributed by atoms with Crippen molar-refractivity contribution in [1.29, 1.82) is 0 Å². The first-order valence-electron chi connectivity index (χ1n) is 13.0. The number of carbonyl (C=O) groups is 1. The Labute approximate surface area is 195 Å². The molecule has 4 rings (SSSR count). The maximum absolute atomic E-state index is 13.5. The van der Waals surface area contributed by atoms with E-state index in [1.165, 1.54) is 56.4 Å². The highest BCUT2D eigenvalue weighted by Gasteiger charge is 2.44. The van der Waals surface area contributed by atoms with Crippen molar-refractivity contribution < 1.29 is 9.53 Å². The third-order valence-corrected chi connectivity index (χ3v) is 8.35. The average molecular weight is 441 g/mol. The molecule has 1 aromatic carbocycles. The summed E-state index contributed by atoms with van der Waals surface area (Å²) in [6.07, 6.45) is 7.82. The number of hydrogen-bond donors (Lipinski definition) is 0. The molecule has 1 atom stereocenters. The summed E-state index contributed by atoms with van der Waals surface area (Å²) in [7, 11) is 0. The highest BCUT2D eigenvalue weighted by Crippen LogP contribution is 2.49. The number of amides is 1. The van der Waals surface area contributed by atoms with Gasteiger partial charge in [-0.05, 0) is 93.5 Å². The zero-order chi connectivity index (χ0) is 22.8. The maximum Gasteiger partial charge on any atom is 0.226 e. The predicted molar refractivity (Wildman–Crippen MR) is 131 cm³/mol. The van der Waals surface area contributed by atoms with Gasteiger partial charge in [-0.1, -0.05) is 45.0 Å². The first kappa shape index (κ1) is 23.8. The molecule has 1 aliphatic carbocycles. The van der Waals surface area contributed by atoms with E-state index in [-0.39, 0.29) is 12.0 Å². The van der Waals surface area contributed by atoms with Gasteiger partial charge in [-0.2, -0.15) is 0 Å². The van der Waals surface area contributed by atoms with E-state index in [1.807, 2.05) is 0 Å². The van der Waals surface area contributed by atoms with Crippen LogP contribution in [0.25, 0.3) is 0 Å². The van der Waals surface area contributed by atoms with Crippen LogP contribution in [-0.2, 0) is 14.9 Å². The number of hydrogen-bond acceptors (Lipinski definition) is 3. The molecule has 0 saturated carbocycles. The predicted octanol–water partition coefficient (Wildman–Crippen LogP) is 5.57. The van der Waals surface area contributed by atoms with Crippen molar-refractivity contribution in [1.82, 2.24) is 9.80 Å².